The quantitative estimate of drug-likeness (QED) is 0.107. The summed E-state index contributed by atoms with van der Waals surface area (Å²) in [4.78, 5) is 17.6. The van der Waals surface area contributed by atoms with E-state index >= 15 is 0 Å². The lowest BCUT2D eigenvalue weighted by Gasteiger charge is -2.04. The standard InChI is InChI=1S/C22H17N13O3S/c1-12(13-6-8-14(9-7-13)34-11-24-31-33-34)26-28-21(36)18-16(35(32-27-18)20-19(23)29-38-30-20)10-39-22-25-15-4-2-3-5-17(15)37-22/h2-9,11H,10H2,1H3,(H3,23,28,29,36)/p+1/b26-12+. The summed E-state index contributed by atoms with van der Waals surface area (Å²) in [5.41, 5.74) is 12.4. The van der Waals surface area contributed by atoms with Gasteiger partial charge in [-0.05, 0) is 57.4 Å². The molecular weight excluding hydrogens is 526 g/mol. The smallest absolute Gasteiger partial charge is 0.377 e. The molecule has 0 bridgehead atoms. The Hall–Kier alpha value is -5.45. The normalized spacial score (nSPS) is 11.8. The Labute approximate surface area is 222 Å². The van der Waals surface area contributed by atoms with Crippen molar-refractivity contribution in [2.75, 3.05) is 5.73 Å². The molecule has 0 aliphatic rings. The average molecular weight is 545 g/mol. The number of thioether (sulfide) groups is 1. The number of carbonyl (C=O) groups excluding carboxylic acids is 1. The van der Waals surface area contributed by atoms with Gasteiger partial charge in [-0.1, -0.05) is 36.0 Å². The first-order valence-corrected chi connectivity index (χ1v) is 12.3. The Balaban J connectivity index is 1.23. The fourth-order valence-electron chi connectivity index (χ4n) is 3.60. The van der Waals surface area contributed by atoms with E-state index in [-0.39, 0.29) is 23.1 Å². The SMILES string of the molecule is C/C(=N\NC(=O)c1n[nH][n+](-c2nonc2N)c1CSc1nc2ccccc2o1)c1ccc(-n2cnnn2)cc1. The molecular formula is C22H18N13O3S+. The molecule has 1 amide bonds. The Morgan fingerprint density at radius 2 is 2.05 bits per heavy atom. The zero-order chi connectivity index (χ0) is 26.8. The molecule has 4 aromatic heterocycles. The highest BCUT2D eigenvalue weighted by atomic mass is 32.2. The van der Waals surface area contributed by atoms with E-state index in [0.717, 1.165) is 16.8 Å². The van der Waals surface area contributed by atoms with E-state index in [9.17, 15) is 4.79 Å². The van der Waals surface area contributed by atoms with E-state index < -0.39 is 5.91 Å². The summed E-state index contributed by atoms with van der Waals surface area (Å²) in [6.45, 7) is 1.77. The number of benzene rings is 2. The van der Waals surface area contributed by atoms with Crippen LogP contribution in [0.4, 0.5) is 5.82 Å². The third kappa shape index (κ3) is 4.80. The molecule has 2 aromatic carbocycles. The minimum atomic E-state index is -0.558. The van der Waals surface area contributed by atoms with Gasteiger partial charge in [0.25, 0.3) is 16.7 Å². The van der Waals surface area contributed by atoms with Crippen molar-refractivity contribution in [3.8, 4) is 11.5 Å². The fraction of sp³-hybridized carbons (Fsp3) is 0.0909. The number of H-pyrrole nitrogens is 1. The van der Waals surface area contributed by atoms with Gasteiger partial charge < -0.3 is 10.2 Å². The van der Waals surface area contributed by atoms with Crippen LogP contribution in [0.2, 0.25) is 0 Å². The van der Waals surface area contributed by atoms with E-state index in [2.05, 4.69) is 51.7 Å². The van der Waals surface area contributed by atoms with Crippen LogP contribution in [-0.2, 0) is 5.75 Å². The van der Waals surface area contributed by atoms with Gasteiger partial charge in [-0.3, -0.25) is 4.79 Å². The van der Waals surface area contributed by atoms with Crippen molar-refractivity contribution in [3.05, 3.63) is 71.8 Å². The maximum absolute atomic E-state index is 13.2. The van der Waals surface area contributed by atoms with E-state index in [4.69, 9.17) is 14.8 Å². The summed E-state index contributed by atoms with van der Waals surface area (Å²) in [7, 11) is 0. The lowest BCUT2D eigenvalue weighted by molar-refractivity contribution is -0.669. The van der Waals surface area contributed by atoms with Crippen LogP contribution in [0.25, 0.3) is 22.6 Å². The summed E-state index contributed by atoms with van der Waals surface area (Å²) in [5.74, 6) is -0.169. The van der Waals surface area contributed by atoms with Crippen LogP contribution in [0, 0.1) is 0 Å². The number of nitrogens with zero attached hydrogens (tertiary/aromatic N) is 10. The van der Waals surface area contributed by atoms with Crippen molar-refractivity contribution in [2.45, 2.75) is 17.9 Å². The van der Waals surface area contributed by atoms with Gasteiger partial charge in [0.05, 0.1) is 17.2 Å². The van der Waals surface area contributed by atoms with E-state index in [1.54, 1.807) is 6.92 Å². The largest absolute Gasteiger partial charge is 0.431 e. The fourth-order valence-corrected chi connectivity index (χ4v) is 4.43. The predicted molar refractivity (Wildman–Crippen MR) is 135 cm³/mol. The van der Waals surface area contributed by atoms with Crippen LogP contribution in [0.1, 0.15) is 28.7 Å². The first-order valence-electron chi connectivity index (χ1n) is 11.3. The number of hydrazone groups is 1. The molecule has 6 aromatic rings. The topological polar surface area (TPSA) is 209 Å². The molecule has 0 aliphatic heterocycles. The van der Waals surface area contributed by atoms with Crippen LogP contribution in [0.15, 0.2) is 74.2 Å². The molecule has 0 aliphatic carbocycles. The maximum Gasteiger partial charge on any atom is 0.377 e. The summed E-state index contributed by atoms with van der Waals surface area (Å²) in [5, 5.41) is 30.1. The van der Waals surface area contributed by atoms with Gasteiger partial charge in [0.2, 0.25) is 0 Å². The first-order chi connectivity index (χ1) is 19.1. The highest BCUT2D eigenvalue weighted by molar-refractivity contribution is 7.98. The Morgan fingerprint density at radius 1 is 1.21 bits per heavy atom. The third-order valence-corrected chi connectivity index (χ3v) is 6.40. The van der Waals surface area contributed by atoms with Crippen LogP contribution >= 0.6 is 11.8 Å². The number of tetrazole rings is 1. The van der Waals surface area contributed by atoms with Gasteiger partial charge in [-0.25, -0.2) is 15.1 Å². The highest BCUT2D eigenvalue weighted by Crippen LogP contribution is 2.26. The number of amides is 1. The lowest BCUT2D eigenvalue weighted by Crippen LogP contribution is -2.38. The van der Waals surface area contributed by atoms with Crippen LogP contribution in [-0.4, -0.2) is 57.4 Å². The molecule has 39 heavy (non-hydrogen) atoms. The molecule has 0 saturated heterocycles. The number of oxazole rings is 1. The van der Waals surface area contributed by atoms with Crippen LogP contribution < -0.4 is 15.8 Å². The number of nitrogens with one attached hydrogen (secondary N) is 2. The van der Waals surface area contributed by atoms with Gasteiger partial charge in [0.1, 0.15) is 17.0 Å². The molecule has 4 N–H and O–H groups in total. The van der Waals surface area contributed by atoms with Crippen molar-refractivity contribution < 1.29 is 18.5 Å². The summed E-state index contributed by atoms with van der Waals surface area (Å²) < 4.78 is 13.4. The van der Waals surface area contributed by atoms with Crippen molar-refractivity contribution in [2.24, 2.45) is 5.10 Å². The van der Waals surface area contributed by atoms with E-state index in [0.29, 0.717) is 22.2 Å². The van der Waals surface area contributed by atoms with Crippen LogP contribution in [0.3, 0.4) is 0 Å². The second-order valence-corrected chi connectivity index (χ2v) is 8.92. The number of para-hydroxylation sites is 2. The number of aromatic amines is 1. The Kier molecular flexibility index (Phi) is 6.21. The molecule has 0 saturated carbocycles. The number of aromatic nitrogens is 10. The number of fused-ring (bicyclic) bond motifs is 1. The second kappa shape index (κ2) is 10.1. The number of rotatable bonds is 8. The number of hydrogen-bond acceptors (Lipinski definition) is 13. The van der Waals surface area contributed by atoms with Crippen molar-refractivity contribution >= 4 is 40.3 Å². The summed E-state index contributed by atoms with van der Waals surface area (Å²) in [6, 6.07) is 14.8. The number of nitrogen functional groups attached to an aromatic ring is 1. The molecule has 17 heteroatoms. The van der Waals surface area contributed by atoms with E-state index in [1.165, 1.54) is 27.5 Å². The Morgan fingerprint density at radius 3 is 2.79 bits per heavy atom. The molecule has 194 valence electrons. The number of carbonyl (C=O) groups is 1. The van der Waals surface area contributed by atoms with E-state index in [1.807, 2.05) is 48.5 Å². The Bertz CT molecular complexity index is 1750. The lowest BCUT2D eigenvalue weighted by atomic mass is 10.1. The summed E-state index contributed by atoms with van der Waals surface area (Å²) >= 11 is 1.26. The molecule has 0 fully saturated rings. The van der Waals surface area contributed by atoms with Crippen LogP contribution in [0.5, 0.6) is 0 Å². The van der Waals surface area contributed by atoms with Gasteiger partial charge in [0.15, 0.2) is 11.3 Å². The summed E-state index contributed by atoms with van der Waals surface area (Å²) in [6.07, 6.45) is 1.50. The zero-order valence-electron chi connectivity index (χ0n) is 20.1. The van der Waals surface area contributed by atoms with Gasteiger partial charge in [0, 0.05) is 0 Å². The van der Waals surface area contributed by atoms with Gasteiger partial charge in [-0.15, -0.1) is 15.0 Å². The maximum atomic E-state index is 13.2. The molecule has 4 heterocycles. The molecule has 0 atom stereocenters. The van der Waals surface area contributed by atoms with Crippen molar-refractivity contribution in [3.63, 3.8) is 0 Å². The van der Waals surface area contributed by atoms with Gasteiger partial charge >= 0.3 is 11.7 Å². The first kappa shape index (κ1) is 23.9. The molecule has 16 nitrogen and oxygen atoms in total. The molecule has 0 spiro atoms. The average Bonchev–Trinajstić information content (AvgIpc) is 3.76. The van der Waals surface area contributed by atoms with Crippen molar-refractivity contribution in [1.29, 1.82) is 0 Å². The zero-order valence-corrected chi connectivity index (χ0v) is 20.9. The number of nitrogens with two attached hydrogens (primary N) is 1. The second-order valence-electron chi connectivity index (χ2n) is 7.99. The minimum Gasteiger partial charge on any atom is -0.431 e. The van der Waals surface area contributed by atoms with Crippen molar-refractivity contribution in [1.82, 2.24) is 51.2 Å². The predicted octanol–water partition coefficient (Wildman–Crippen LogP) is 1.21. The molecule has 0 radical (unpaired) electrons. The highest BCUT2D eigenvalue weighted by Gasteiger charge is 2.31. The third-order valence-electron chi connectivity index (χ3n) is 5.56. The van der Waals surface area contributed by atoms with Gasteiger partial charge in [-0.2, -0.15) is 9.73 Å². The number of hydrogen-bond donors (Lipinski definition) is 3. The number of anilines is 1. The molecule has 0 unspecified atom stereocenters. The minimum absolute atomic E-state index is 0.0164. The monoisotopic (exact) mass is 544 g/mol. The molecule has 6 rings (SSSR count).